The first-order chi connectivity index (χ1) is 17.4. The van der Waals surface area contributed by atoms with Gasteiger partial charge in [0.05, 0.1) is 23.8 Å². The average molecular weight is 517 g/mol. The zero-order valence-electron chi connectivity index (χ0n) is 20.4. The lowest BCUT2D eigenvalue weighted by Gasteiger charge is -2.48. The fourth-order valence-corrected chi connectivity index (χ4v) is 5.05. The average Bonchev–Trinajstić information content (AvgIpc) is 2.85. The predicted molar refractivity (Wildman–Crippen MR) is 133 cm³/mol. The highest BCUT2D eigenvalue weighted by Gasteiger charge is 2.40. The number of hydrogen-bond donors (Lipinski definition) is 4. The number of likely N-dealkylation sites (tertiary alicyclic amines) is 1. The Morgan fingerprint density at radius 3 is 2.32 bits per heavy atom. The largest absolute Gasteiger partial charge is 0.416 e. The zero-order valence-corrected chi connectivity index (χ0v) is 20.4. The van der Waals surface area contributed by atoms with Crippen molar-refractivity contribution < 1.29 is 27.9 Å². The van der Waals surface area contributed by atoms with Crippen molar-refractivity contribution in [3.05, 3.63) is 83.1 Å². The number of alkyl halides is 3. The molecule has 0 atom stereocenters. The van der Waals surface area contributed by atoms with E-state index in [-0.39, 0.29) is 18.2 Å². The number of rotatable bonds is 8. The molecule has 2 aromatic carbocycles. The van der Waals surface area contributed by atoms with Gasteiger partial charge in [-0.25, -0.2) is 0 Å². The van der Waals surface area contributed by atoms with Crippen LogP contribution in [0.15, 0.2) is 60.8 Å². The van der Waals surface area contributed by atoms with Gasteiger partial charge < -0.3 is 21.5 Å². The summed E-state index contributed by atoms with van der Waals surface area (Å²) in [6.07, 6.45) is -1.58. The molecule has 1 saturated heterocycles. The van der Waals surface area contributed by atoms with E-state index in [1.54, 1.807) is 24.3 Å². The molecule has 2 fully saturated rings. The summed E-state index contributed by atoms with van der Waals surface area (Å²) in [5, 5.41) is 17.0. The van der Waals surface area contributed by atoms with Crippen LogP contribution in [-0.4, -0.2) is 53.5 Å². The molecule has 1 saturated carbocycles. The molecule has 2 aromatic rings. The molecule has 1 heterocycles. The number of carbonyl (C=O) groups is 2. The minimum absolute atomic E-state index is 0.0569. The molecule has 5 N–H and O–H groups in total. The molecule has 10 heteroatoms. The van der Waals surface area contributed by atoms with Crippen molar-refractivity contribution in [1.82, 2.24) is 15.5 Å². The van der Waals surface area contributed by atoms with Gasteiger partial charge in [-0.3, -0.25) is 14.5 Å². The number of benzene rings is 2. The molecule has 1 aliphatic heterocycles. The molecule has 2 amide bonds. The van der Waals surface area contributed by atoms with E-state index in [0.717, 1.165) is 43.6 Å². The Morgan fingerprint density at radius 2 is 1.73 bits per heavy atom. The molecular formula is C27H31F3N4O3. The SMILES string of the molecule is C=C(CNC(=O)c1cccc(C(F)(F)F)c1)NC1CN(C2CCC(O)(c3ccc(C(N)=O)cc3)CC2)C1. The Labute approximate surface area is 213 Å². The van der Waals surface area contributed by atoms with Gasteiger partial charge in [0.25, 0.3) is 5.91 Å². The van der Waals surface area contributed by atoms with Gasteiger partial charge in [0.1, 0.15) is 0 Å². The van der Waals surface area contributed by atoms with E-state index in [4.69, 9.17) is 5.73 Å². The van der Waals surface area contributed by atoms with Crippen LogP contribution >= 0.6 is 0 Å². The first kappa shape index (κ1) is 26.7. The lowest BCUT2D eigenvalue weighted by molar-refractivity contribution is -0.137. The second kappa shape index (κ2) is 10.5. The summed E-state index contributed by atoms with van der Waals surface area (Å²) in [6, 6.07) is 11.6. The number of hydrogen-bond acceptors (Lipinski definition) is 5. The molecule has 0 aromatic heterocycles. The highest BCUT2D eigenvalue weighted by Crippen LogP contribution is 2.39. The Kier molecular flexibility index (Phi) is 7.61. The summed E-state index contributed by atoms with van der Waals surface area (Å²) in [5.41, 5.74) is 5.25. The van der Waals surface area contributed by atoms with Gasteiger partial charge >= 0.3 is 6.18 Å². The van der Waals surface area contributed by atoms with Crippen molar-refractivity contribution >= 4 is 11.8 Å². The molecule has 2 aliphatic rings. The van der Waals surface area contributed by atoms with Crippen molar-refractivity contribution in [1.29, 1.82) is 0 Å². The summed E-state index contributed by atoms with van der Waals surface area (Å²) in [6.45, 7) is 5.63. The third kappa shape index (κ3) is 6.31. The number of nitrogens with one attached hydrogen (secondary N) is 2. The van der Waals surface area contributed by atoms with E-state index in [0.29, 0.717) is 30.1 Å². The highest BCUT2D eigenvalue weighted by molar-refractivity contribution is 5.94. The van der Waals surface area contributed by atoms with Crippen LogP contribution in [0.2, 0.25) is 0 Å². The summed E-state index contributed by atoms with van der Waals surface area (Å²) in [4.78, 5) is 25.9. The van der Waals surface area contributed by atoms with Crippen LogP contribution in [0.3, 0.4) is 0 Å². The summed E-state index contributed by atoms with van der Waals surface area (Å²) >= 11 is 0. The smallest absolute Gasteiger partial charge is 0.385 e. The van der Waals surface area contributed by atoms with Crippen molar-refractivity contribution in [3.8, 4) is 0 Å². The molecule has 7 nitrogen and oxygen atoms in total. The van der Waals surface area contributed by atoms with Gasteiger partial charge in [0, 0.05) is 36.0 Å². The van der Waals surface area contributed by atoms with E-state index < -0.39 is 29.2 Å². The minimum atomic E-state index is -4.51. The van der Waals surface area contributed by atoms with Crippen LogP contribution in [0.4, 0.5) is 13.2 Å². The second-order valence-electron chi connectivity index (χ2n) is 9.86. The van der Waals surface area contributed by atoms with Crippen molar-refractivity contribution in [2.24, 2.45) is 5.73 Å². The molecule has 0 radical (unpaired) electrons. The van der Waals surface area contributed by atoms with Crippen LogP contribution in [0, 0.1) is 0 Å². The molecule has 4 rings (SSSR count). The van der Waals surface area contributed by atoms with E-state index in [2.05, 4.69) is 22.1 Å². The fourth-order valence-electron chi connectivity index (χ4n) is 5.05. The summed E-state index contributed by atoms with van der Waals surface area (Å²) < 4.78 is 38.6. The van der Waals surface area contributed by atoms with Crippen LogP contribution in [0.1, 0.15) is 57.5 Å². The molecule has 0 spiro atoms. The zero-order chi connectivity index (χ0) is 26.8. The summed E-state index contributed by atoms with van der Waals surface area (Å²) in [7, 11) is 0. The van der Waals surface area contributed by atoms with Crippen molar-refractivity contribution in [3.63, 3.8) is 0 Å². The highest BCUT2D eigenvalue weighted by atomic mass is 19.4. The Balaban J connectivity index is 1.18. The van der Waals surface area contributed by atoms with Gasteiger partial charge in [0.15, 0.2) is 0 Å². The normalized spacial score (nSPS) is 22.6. The van der Waals surface area contributed by atoms with Gasteiger partial charge in [0.2, 0.25) is 5.91 Å². The molecule has 0 unspecified atom stereocenters. The van der Waals surface area contributed by atoms with Crippen molar-refractivity contribution in [2.45, 2.75) is 49.5 Å². The number of nitrogens with two attached hydrogens (primary N) is 1. The van der Waals surface area contributed by atoms with Gasteiger partial charge in [-0.15, -0.1) is 0 Å². The van der Waals surface area contributed by atoms with Crippen LogP contribution in [-0.2, 0) is 11.8 Å². The molecular weight excluding hydrogens is 485 g/mol. The van der Waals surface area contributed by atoms with Crippen molar-refractivity contribution in [2.75, 3.05) is 19.6 Å². The van der Waals surface area contributed by atoms with E-state index >= 15 is 0 Å². The maximum atomic E-state index is 12.9. The number of amides is 2. The van der Waals surface area contributed by atoms with Crippen LogP contribution in [0.25, 0.3) is 0 Å². The molecule has 37 heavy (non-hydrogen) atoms. The monoisotopic (exact) mass is 516 g/mol. The van der Waals surface area contributed by atoms with Crippen LogP contribution in [0.5, 0.6) is 0 Å². The predicted octanol–water partition coefficient (Wildman–Crippen LogP) is 3.15. The molecule has 0 bridgehead atoms. The lowest BCUT2D eigenvalue weighted by atomic mass is 9.76. The van der Waals surface area contributed by atoms with E-state index in [1.807, 2.05) is 0 Å². The number of aliphatic hydroxyl groups is 1. The maximum absolute atomic E-state index is 12.9. The first-order valence-corrected chi connectivity index (χ1v) is 12.2. The number of carbonyl (C=O) groups excluding carboxylic acids is 2. The lowest BCUT2D eigenvalue weighted by Crippen LogP contribution is -2.62. The molecule has 198 valence electrons. The minimum Gasteiger partial charge on any atom is -0.385 e. The quantitative estimate of drug-likeness (QED) is 0.431. The topological polar surface area (TPSA) is 108 Å². The third-order valence-corrected chi connectivity index (χ3v) is 7.24. The standard InChI is InChI=1S/C27H31F3N4O3/c1-17(14-32-25(36)19-3-2-4-21(13-19)27(28,29)30)33-22-15-34(16-22)23-9-11-26(37,12-10-23)20-7-5-18(6-8-20)24(31)35/h2-8,13,22-23,33,37H,1,9-12,14-16H2,(H2,31,35)(H,32,36). The van der Waals surface area contributed by atoms with E-state index in [1.165, 1.54) is 12.1 Å². The maximum Gasteiger partial charge on any atom is 0.416 e. The van der Waals surface area contributed by atoms with Gasteiger partial charge in [-0.1, -0.05) is 24.8 Å². The van der Waals surface area contributed by atoms with Gasteiger partial charge in [-0.2, -0.15) is 13.2 Å². The fraction of sp³-hybridized carbons (Fsp3) is 0.407. The summed E-state index contributed by atoms with van der Waals surface area (Å²) in [5.74, 6) is -1.09. The third-order valence-electron chi connectivity index (χ3n) is 7.24. The van der Waals surface area contributed by atoms with Crippen LogP contribution < -0.4 is 16.4 Å². The molecule has 1 aliphatic carbocycles. The number of primary amides is 1. The Bertz CT molecular complexity index is 1150. The number of nitrogens with zero attached hydrogens (tertiary/aromatic N) is 1. The van der Waals surface area contributed by atoms with Gasteiger partial charge in [-0.05, 0) is 61.6 Å². The first-order valence-electron chi connectivity index (χ1n) is 12.2. The Morgan fingerprint density at radius 1 is 1.08 bits per heavy atom. The second-order valence-corrected chi connectivity index (χ2v) is 9.86. The number of halogens is 3. The Hall–Kier alpha value is -3.37. The van der Waals surface area contributed by atoms with E-state index in [9.17, 15) is 27.9 Å².